The van der Waals surface area contributed by atoms with Crippen LogP contribution in [-0.4, -0.2) is 26.5 Å². The van der Waals surface area contributed by atoms with Crippen LogP contribution in [0.5, 0.6) is 0 Å². The second kappa shape index (κ2) is 6.16. The van der Waals surface area contributed by atoms with Gasteiger partial charge in [-0.2, -0.15) is 0 Å². The maximum absolute atomic E-state index is 10.8. The molecule has 0 heterocycles. The van der Waals surface area contributed by atoms with Crippen molar-refractivity contribution in [1.29, 1.82) is 0 Å². The Kier molecular flexibility index (Phi) is 4.72. The molecule has 1 N–H and O–H groups in total. The minimum absolute atomic E-state index is 0.758. The van der Waals surface area contributed by atoms with Crippen molar-refractivity contribution >= 4 is 12.1 Å². The summed E-state index contributed by atoms with van der Waals surface area (Å²) < 4.78 is 0. The lowest BCUT2D eigenvalue weighted by atomic mass is 10.3. The van der Waals surface area contributed by atoms with Gasteiger partial charge in [0.25, 0.3) is 0 Å². The van der Waals surface area contributed by atoms with E-state index in [-0.39, 0.29) is 0 Å². The lowest BCUT2D eigenvalue weighted by Gasteiger charge is -2.16. The molecule has 0 aliphatic carbocycles. The van der Waals surface area contributed by atoms with Gasteiger partial charge in [-0.1, -0.05) is 18.2 Å². The van der Waals surface area contributed by atoms with Crippen LogP contribution in [-0.2, 0) is 4.79 Å². The molecular weight excluding hydrogens is 176 g/mol. The lowest BCUT2D eigenvalue weighted by Crippen LogP contribution is -2.24. The average Bonchev–Trinajstić information content (AvgIpc) is 2.26. The minimum atomic E-state index is 0.758. The Balaban J connectivity index is 2.50. The van der Waals surface area contributed by atoms with Gasteiger partial charge in [0.05, 0.1) is 0 Å². The zero-order valence-corrected chi connectivity index (χ0v) is 8.44. The number of carbonyl (C=O) groups excluding carboxylic acids is 1. The van der Waals surface area contributed by atoms with Crippen molar-refractivity contribution in [3.8, 4) is 0 Å². The Labute approximate surface area is 84.7 Å². The third-order valence-electron chi connectivity index (χ3n) is 2.04. The maximum atomic E-state index is 10.8. The van der Waals surface area contributed by atoms with Crippen LogP contribution in [0.15, 0.2) is 30.3 Å². The molecule has 0 radical (unpaired) electrons. The van der Waals surface area contributed by atoms with E-state index in [1.807, 2.05) is 37.4 Å². The number of benzene rings is 1. The van der Waals surface area contributed by atoms with Gasteiger partial charge < -0.3 is 10.2 Å². The highest BCUT2D eigenvalue weighted by molar-refractivity contribution is 5.74. The first-order valence-electron chi connectivity index (χ1n) is 4.80. The molecule has 0 unspecified atom stereocenters. The van der Waals surface area contributed by atoms with Crippen molar-refractivity contribution in [3.63, 3.8) is 0 Å². The fraction of sp³-hybridized carbons (Fsp3) is 0.364. The molecule has 0 saturated heterocycles. The van der Waals surface area contributed by atoms with E-state index in [4.69, 9.17) is 0 Å². The van der Waals surface area contributed by atoms with Crippen molar-refractivity contribution in [2.24, 2.45) is 0 Å². The highest BCUT2D eigenvalue weighted by Gasteiger charge is 2.02. The van der Waals surface area contributed by atoms with Gasteiger partial charge >= 0.3 is 0 Å². The van der Waals surface area contributed by atoms with Crippen LogP contribution in [0, 0.1) is 0 Å². The topological polar surface area (TPSA) is 32.3 Å². The fourth-order valence-electron chi connectivity index (χ4n) is 1.29. The Morgan fingerprint density at radius 1 is 1.36 bits per heavy atom. The quantitative estimate of drug-likeness (QED) is 0.543. The zero-order chi connectivity index (χ0) is 10.2. The van der Waals surface area contributed by atoms with E-state index in [1.165, 1.54) is 0 Å². The van der Waals surface area contributed by atoms with Gasteiger partial charge in [0.15, 0.2) is 0 Å². The predicted molar refractivity (Wildman–Crippen MR) is 58.4 cm³/mol. The van der Waals surface area contributed by atoms with Crippen LogP contribution < -0.4 is 10.2 Å². The van der Waals surface area contributed by atoms with Crippen LogP contribution >= 0.6 is 0 Å². The summed E-state index contributed by atoms with van der Waals surface area (Å²) in [4.78, 5) is 12.5. The SMILES string of the molecule is CNCCCN(C=O)c1ccccc1. The number of anilines is 1. The number of nitrogens with one attached hydrogen (secondary N) is 1. The number of rotatable bonds is 6. The summed E-state index contributed by atoms with van der Waals surface area (Å²) in [5.74, 6) is 0. The molecule has 0 aromatic heterocycles. The Bertz CT molecular complexity index is 261. The molecule has 1 aromatic rings. The Morgan fingerprint density at radius 2 is 2.07 bits per heavy atom. The molecule has 0 aliphatic rings. The van der Waals surface area contributed by atoms with Gasteiger partial charge in [-0.15, -0.1) is 0 Å². The smallest absolute Gasteiger partial charge is 0.214 e. The number of amides is 1. The summed E-state index contributed by atoms with van der Waals surface area (Å²) in [5.41, 5.74) is 0.957. The molecule has 3 heteroatoms. The van der Waals surface area contributed by atoms with E-state index in [1.54, 1.807) is 4.90 Å². The summed E-state index contributed by atoms with van der Waals surface area (Å²) in [6.45, 7) is 1.69. The van der Waals surface area contributed by atoms with Crippen molar-refractivity contribution < 1.29 is 4.79 Å². The van der Waals surface area contributed by atoms with Crippen LogP contribution in [0.2, 0.25) is 0 Å². The fourth-order valence-corrected chi connectivity index (χ4v) is 1.29. The highest BCUT2D eigenvalue weighted by Crippen LogP contribution is 2.10. The molecule has 1 amide bonds. The number of hydrogen-bond acceptors (Lipinski definition) is 2. The first-order chi connectivity index (χ1) is 6.88. The summed E-state index contributed by atoms with van der Waals surface area (Å²) in [7, 11) is 1.91. The maximum Gasteiger partial charge on any atom is 0.214 e. The van der Waals surface area contributed by atoms with Gasteiger partial charge in [-0.25, -0.2) is 0 Å². The van der Waals surface area contributed by atoms with Crippen molar-refractivity contribution in [2.45, 2.75) is 6.42 Å². The van der Waals surface area contributed by atoms with E-state index >= 15 is 0 Å². The zero-order valence-electron chi connectivity index (χ0n) is 8.44. The van der Waals surface area contributed by atoms with E-state index in [0.717, 1.165) is 31.6 Å². The van der Waals surface area contributed by atoms with Gasteiger partial charge in [0.2, 0.25) is 6.41 Å². The molecule has 3 nitrogen and oxygen atoms in total. The Hall–Kier alpha value is -1.35. The van der Waals surface area contributed by atoms with Gasteiger partial charge in [-0.05, 0) is 32.1 Å². The molecule has 0 spiro atoms. The summed E-state index contributed by atoms with van der Waals surface area (Å²) in [6.07, 6.45) is 1.84. The van der Waals surface area contributed by atoms with E-state index in [2.05, 4.69) is 5.32 Å². The molecule has 76 valence electrons. The molecule has 1 rings (SSSR count). The molecule has 0 bridgehead atoms. The normalized spacial score (nSPS) is 9.79. The molecule has 0 atom stereocenters. The summed E-state index contributed by atoms with van der Waals surface area (Å²) >= 11 is 0. The number of para-hydroxylation sites is 1. The lowest BCUT2D eigenvalue weighted by molar-refractivity contribution is -0.107. The van der Waals surface area contributed by atoms with Crippen LogP contribution in [0.3, 0.4) is 0 Å². The van der Waals surface area contributed by atoms with Crippen molar-refractivity contribution in [2.75, 3.05) is 25.0 Å². The van der Waals surface area contributed by atoms with Crippen molar-refractivity contribution in [3.05, 3.63) is 30.3 Å². The number of hydrogen-bond donors (Lipinski definition) is 1. The monoisotopic (exact) mass is 192 g/mol. The molecule has 14 heavy (non-hydrogen) atoms. The molecular formula is C11H16N2O. The second-order valence-corrected chi connectivity index (χ2v) is 3.09. The van der Waals surface area contributed by atoms with Crippen molar-refractivity contribution in [1.82, 2.24) is 5.32 Å². The van der Waals surface area contributed by atoms with Crippen LogP contribution in [0.25, 0.3) is 0 Å². The van der Waals surface area contributed by atoms with Gasteiger partial charge in [0, 0.05) is 12.2 Å². The van der Waals surface area contributed by atoms with E-state index < -0.39 is 0 Å². The summed E-state index contributed by atoms with van der Waals surface area (Å²) in [6, 6.07) is 9.69. The third-order valence-corrected chi connectivity index (χ3v) is 2.04. The highest BCUT2D eigenvalue weighted by atomic mass is 16.1. The average molecular weight is 192 g/mol. The predicted octanol–water partition coefficient (Wildman–Crippen LogP) is 1.26. The third kappa shape index (κ3) is 3.18. The molecule has 1 aromatic carbocycles. The van der Waals surface area contributed by atoms with Crippen LogP contribution in [0.1, 0.15) is 6.42 Å². The van der Waals surface area contributed by atoms with Gasteiger partial charge in [-0.3, -0.25) is 4.79 Å². The molecule has 0 saturated carbocycles. The molecule has 0 fully saturated rings. The second-order valence-electron chi connectivity index (χ2n) is 3.09. The standard InChI is InChI=1S/C11H16N2O/c1-12-8-5-9-13(10-14)11-6-3-2-4-7-11/h2-4,6-7,10,12H,5,8-9H2,1H3. The van der Waals surface area contributed by atoms with Crippen LogP contribution in [0.4, 0.5) is 5.69 Å². The summed E-state index contributed by atoms with van der Waals surface area (Å²) in [5, 5.41) is 3.06. The van der Waals surface area contributed by atoms with Gasteiger partial charge in [0.1, 0.15) is 0 Å². The number of carbonyl (C=O) groups is 1. The largest absolute Gasteiger partial charge is 0.320 e. The minimum Gasteiger partial charge on any atom is -0.320 e. The first-order valence-corrected chi connectivity index (χ1v) is 4.80. The van der Waals surface area contributed by atoms with E-state index in [0.29, 0.717) is 0 Å². The molecule has 0 aliphatic heterocycles. The first kappa shape index (κ1) is 10.7. The van der Waals surface area contributed by atoms with E-state index in [9.17, 15) is 4.79 Å². The Morgan fingerprint density at radius 3 is 2.64 bits per heavy atom. The number of nitrogens with zero attached hydrogens (tertiary/aromatic N) is 1.